The minimum atomic E-state index is -3.19. The third kappa shape index (κ3) is 3.88. The fraction of sp³-hybridized carbons (Fsp3) is 0.529. The zero-order valence-electron chi connectivity index (χ0n) is 13.0. The Morgan fingerprint density at radius 2 is 1.86 bits per heavy atom. The average Bonchev–Trinajstić information content (AvgIpc) is 2.50. The van der Waals surface area contributed by atoms with Gasteiger partial charge < -0.3 is 0 Å². The van der Waals surface area contributed by atoms with Gasteiger partial charge in [-0.15, -0.1) is 0 Å². The first-order valence-electron chi connectivity index (χ1n) is 7.87. The van der Waals surface area contributed by atoms with E-state index in [1.807, 2.05) is 18.2 Å². The van der Waals surface area contributed by atoms with Gasteiger partial charge in [-0.25, -0.2) is 8.42 Å². The molecule has 0 fully saturated rings. The lowest BCUT2D eigenvalue weighted by molar-refractivity contribution is 0.451. The minimum absolute atomic E-state index is 0.154. The van der Waals surface area contributed by atoms with E-state index in [0.717, 1.165) is 36.1 Å². The van der Waals surface area contributed by atoms with Crippen molar-refractivity contribution in [2.45, 2.75) is 52.5 Å². The SMILES string of the molecule is CCCCCCC1=Cc2ccccc2CN1S(=O)(=O)CC. The standard InChI is InChI=1S/C17H25NO2S/c1-3-5-6-7-12-17-13-15-10-8-9-11-16(15)14-18(17)21(19,20)4-2/h8-11,13H,3-7,12,14H2,1-2H3. The van der Waals surface area contributed by atoms with Crippen molar-refractivity contribution in [2.75, 3.05) is 5.75 Å². The summed E-state index contributed by atoms with van der Waals surface area (Å²) in [5, 5.41) is 0. The molecule has 1 heterocycles. The second-order valence-corrected chi connectivity index (χ2v) is 7.73. The van der Waals surface area contributed by atoms with Crippen molar-refractivity contribution in [3.8, 4) is 0 Å². The van der Waals surface area contributed by atoms with Crippen LogP contribution in [0.3, 0.4) is 0 Å². The highest BCUT2D eigenvalue weighted by atomic mass is 32.2. The van der Waals surface area contributed by atoms with Gasteiger partial charge in [-0.05, 0) is 37.0 Å². The summed E-state index contributed by atoms with van der Waals surface area (Å²) in [4.78, 5) is 0. The van der Waals surface area contributed by atoms with Crippen molar-refractivity contribution in [1.29, 1.82) is 0 Å². The molecule has 21 heavy (non-hydrogen) atoms. The Morgan fingerprint density at radius 1 is 1.10 bits per heavy atom. The third-order valence-corrected chi connectivity index (χ3v) is 5.76. The molecule has 4 heteroatoms. The van der Waals surface area contributed by atoms with Gasteiger partial charge in [0.15, 0.2) is 0 Å². The van der Waals surface area contributed by atoms with Crippen molar-refractivity contribution >= 4 is 16.1 Å². The molecule has 1 aromatic carbocycles. The van der Waals surface area contributed by atoms with Gasteiger partial charge in [0.2, 0.25) is 10.0 Å². The summed E-state index contributed by atoms with van der Waals surface area (Å²) >= 11 is 0. The van der Waals surface area contributed by atoms with Crippen LogP contribution in [0.2, 0.25) is 0 Å². The molecule has 0 saturated carbocycles. The molecule has 0 unspecified atom stereocenters. The lowest BCUT2D eigenvalue weighted by atomic mass is 10.0. The predicted molar refractivity (Wildman–Crippen MR) is 88.2 cm³/mol. The summed E-state index contributed by atoms with van der Waals surface area (Å²) in [5.41, 5.74) is 3.20. The smallest absolute Gasteiger partial charge is 0.234 e. The molecule has 0 N–H and O–H groups in total. The van der Waals surface area contributed by atoms with Gasteiger partial charge in [-0.1, -0.05) is 50.5 Å². The van der Waals surface area contributed by atoms with Gasteiger partial charge in [0.1, 0.15) is 0 Å². The number of hydrogen-bond donors (Lipinski definition) is 0. The predicted octanol–water partition coefficient (Wildman–Crippen LogP) is 4.16. The van der Waals surface area contributed by atoms with Crippen LogP contribution in [0.15, 0.2) is 30.0 Å². The van der Waals surface area contributed by atoms with Gasteiger partial charge in [0, 0.05) is 5.70 Å². The molecule has 3 nitrogen and oxygen atoms in total. The Bertz CT molecular complexity index is 605. The van der Waals surface area contributed by atoms with E-state index in [2.05, 4.69) is 19.1 Å². The van der Waals surface area contributed by atoms with Crippen LogP contribution in [0.4, 0.5) is 0 Å². The topological polar surface area (TPSA) is 37.4 Å². The largest absolute Gasteiger partial charge is 0.270 e. The Labute approximate surface area is 128 Å². The molecule has 1 aliphatic heterocycles. The van der Waals surface area contributed by atoms with Crippen LogP contribution in [0, 0.1) is 0 Å². The highest BCUT2D eigenvalue weighted by Crippen LogP contribution is 2.30. The summed E-state index contributed by atoms with van der Waals surface area (Å²) < 4.78 is 26.3. The molecule has 0 atom stereocenters. The first kappa shape index (κ1) is 16.1. The van der Waals surface area contributed by atoms with Crippen molar-refractivity contribution in [3.63, 3.8) is 0 Å². The van der Waals surface area contributed by atoms with Crippen molar-refractivity contribution in [3.05, 3.63) is 41.1 Å². The molecular weight excluding hydrogens is 282 g/mol. The minimum Gasteiger partial charge on any atom is -0.270 e. The molecule has 1 aliphatic rings. The monoisotopic (exact) mass is 307 g/mol. The van der Waals surface area contributed by atoms with Crippen LogP contribution in [-0.4, -0.2) is 18.5 Å². The normalized spacial score (nSPS) is 14.8. The zero-order valence-corrected chi connectivity index (χ0v) is 13.8. The van der Waals surface area contributed by atoms with Gasteiger partial charge >= 0.3 is 0 Å². The van der Waals surface area contributed by atoms with Crippen LogP contribution in [0.1, 0.15) is 57.1 Å². The van der Waals surface area contributed by atoms with Crippen LogP contribution in [0.25, 0.3) is 6.08 Å². The fourth-order valence-corrected chi connectivity index (χ4v) is 3.84. The van der Waals surface area contributed by atoms with E-state index in [9.17, 15) is 8.42 Å². The molecule has 0 amide bonds. The maximum absolute atomic E-state index is 12.3. The van der Waals surface area contributed by atoms with E-state index in [1.54, 1.807) is 11.2 Å². The van der Waals surface area contributed by atoms with Crippen LogP contribution >= 0.6 is 0 Å². The van der Waals surface area contributed by atoms with E-state index in [4.69, 9.17) is 0 Å². The van der Waals surface area contributed by atoms with Gasteiger partial charge in [0.25, 0.3) is 0 Å². The highest BCUT2D eigenvalue weighted by molar-refractivity contribution is 7.89. The maximum atomic E-state index is 12.3. The molecule has 0 saturated heterocycles. The second-order valence-electron chi connectivity index (χ2n) is 5.55. The molecule has 0 spiro atoms. The van der Waals surface area contributed by atoms with E-state index < -0.39 is 10.0 Å². The Balaban J connectivity index is 2.24. The Morgan fingerprint density at radius 3 is 2.57 bits per heavy atom. The van der Waals surface area contributed by atoms with Crippen LogP contribution in [0.5, 0.6) is 0 Å². The summed E-state index contributed by atoms with van der Waals surface area (Å²) in [6, 6.07) is 8.05. The third-order valence-electron chi connectivity index (χ3n) is 4.00. The molecule has 0 bridgehead atoms. The average molecular weight is 307 g/mol. The van der Waals surface area contributed by atoms with Gasteiger partial charge in [-0.2, -0.15) is 0 Å². The van der Waals surface area contributed by atoms with E-state index in [0.29, 0.717) is 6.54 Å². The molecule has 0 aliphatic carbocycles. The summed E-state index contributed by atoms with van der Waals surface area (Å²) in [7, 11) is -3.19. The van der Waals surface area contributed by atoms with E-state index in [-0.39, 0.29) is 5.75 Å². The molecule has 0 radical (unpaired) electrons. The number of allylic oxidation sites excluding steroid dienone is 1. The number of unbranched alkanes of at least 4 members (excludes halogenated alkanes) is 3. The summed E-state index contributed by atoms with van der Waals surface area (Å²) in [5.74, 6) is 0.154. The number of rotatable bonds is 7. The number of sulfonamides is 1. The molecule has 0 aromatic heterocycles. The van der Waals surface area contributed by atoms with Gasteiger partial charge in [-0.3, -0.25) is 4.31 Å². The molecular formula is C17H25NO2S. The van der Waals surface area contributed by atoms with Crippen molar-refractivity contribution in [2.24, 2.45) is 0 Å². The van der Waals surface area contributed by atoms with Crippen LogP contribution < -0.4 is 0 Å². The summed E-state index contributed by atoms with van der Waals surface area (Å²) in [6.45, 7) is 4.38. The number of fused-ring (bicyclic) bond motifs is 1. The second kappa shape index (κ2) is 7.12. The molecule has 1 aromatic rings. The number of hydrogen-bond acceptors (Lipinski definition) is 2. The first-order chi connectivity index (χ1) is 10.1. The quantitative estimate of drug-likeness (QED) is 0.709. The number of benzene rings is 1. The Kier molecular flexibility index (Phi) is 5.45. The molecule has 2 rings (SSSR count). The van der Waals surface area contributed by atoms with Crippen molar-refractivity contribution in [1.82, 2.24) is 4.31 Å². The molecule has 116 valence electrons. The van der Waals surface area contributed by atoms with E-state index in [1.165, 1.54) is 12.8 Å². The van der Waals surface area contributed by atoms with Crippen molar-refractivity contribution < 1.29 is 8.42 Å². The number of nitrogens with zero attached hydrogens (tertiary/aromatic N) is 1. The van der Waals surface area contributed by atoms with Crippen LogP contribution in [-0.2, 0) is 16.6 Å². The lowest BCUT2D eigenvalue weighted by Crippen LogP contribution is -2.33. The lowest BCUT2D eigenvalue weighted by Gasteiger charge is -2.31. The zero-order chi connectivity index (χ0) is 15.3. The maximum Gasteiger partial charge on any atom is 0.234 e. The Hall–Kier alpha value is -1.29. The van der Waals surface area contributed by atoms with Gasteiger partial charge in [0.05, 0.1) is 12.3 Å². The highest BCUT2D eigenvalue weighted by Gasteiger charge is 2.26. The fourth-order valence-electron chi connectivity index (χ4n) is 2.69. The summed E-state index contributed by atoms with van der Waals surface area (Å²) in [6.07, 6.45) is 7.52. The first-order valence-corrected chi connectivity index (χ1v) is 9.48. The van der Waals surface area contributed by atoms with E-state index >= 15 is 0 Å².